The van der Waals surface area contributed by atoms with Crippen LogP contribution in [0, 0.1) is 0 Å². The zero-order valence-corrected chi connectivity index (χ0v) is 12.3. The molecule has 0 aliphatic carbocycles. The smallest absolute Gasteiger partial charge is 0.191 e. The molecule has 0 fully saturated rings. The van der Waals surface area contributed by atoms with Crippen molar-refractivity contribution in [3.63, 3.8) is 0 Å². The number of carbonyl (C=O) groups excluding carboxylic acids is 1. The van der Waals surface area contributed by atoms with Crippen molar-refractivity contribution in [3.8, 4) is 0 Å². The minimum absolute atomic E-state index is 0.173. The summed E-state index contributed by atoms with van der Waals surface area (Å²) in [5, 5.41) is 0.643. The predicted molar refractivity (Wildman–Crippen MR) is 82.8 cm³/mol. The molecule has 2 nitrogen and oxygen atoms in total. The number of allylic oxidation sites excluding steroid dienone is 1. The number of nitrogens with zero attached hydrogens (tertiary/aromatic N) is 1. The van der Waals surface area contributed by atoms with Crippen molar-refractivity contribution < 1.29 is 4.79 Å². The summed E-state index contributed by atoms with van der Waals surface area (Å²) in [5.74, 6) is 0.173. The van der Waals surface area contributed by atoms with Crippen molar-refractivity contribution in [1.82, 2.24) is 4.98 Å². The summed E-state index contributed by atoms with van der Waals surface area (Å²) < 4.78 is 1.07. The summed E-state index contributed by atoms with van der Waals surface area (Å²) in [6.07, 6.45) is 3.81. The maximum atomic E-state index is 12.0. The highest BCUT2D eigenvalue weighted by atomic mass is 32.1. The zero-order valence-electron chi connectivity index (χ0n) is 11.5. The van der Waals surface area contributed by atoms with Gasteiger partial charge in [0.2, 0.25) is 0 Å². The Morgan fingerprint density at radius 3 is 2.84 bits per heavy atom. The summed E-state index contributed by atoms with van der Waals surface area (Å²) >= 11 is 1.49. The fourth-order valence-electron chi connectivity index (χ4n) is 1.95. The van der Waals surface area contributed by atoms with E-state index in [0.717, 1.165) is 40.6 Å². The first-order valence-corrected chi connectivity index (χ1v) is 7.53. The van der Waals surface area contributed by atoms with E-state index in [2.05, 4.69) is 24.6 Å². The van der Waals surface area contributed by atoms with Crippen LogP contribution < -0.4 is 0 Å². The normalized spacial score (nSPS) is 10.8. The number of Topliss-reactive ketones (excluding diaryl/α,β-unsaturated/α-hetero) is 1. The van der Waals surface area contributed by atoms with E-state index >= 15 is 0 Å². The lowest BCUT2D eigenvalue weighted by atomic mass is 10.1. The standard InChI is InChI=1S/C16H19NOS/c1-4-5-6-7-14(18)16-17-13-9-8-12(11(2)3)10-15(13)19-16/h8-10H,2,4-7H2,1,3H3. The SMILES string of the molecule is C=C(C)c1ccc2nc(C(=O)CCCCC)sc2c1. The summed E-state index contributed by atoms with van der Waals surface area (Å²) in [4.78, 5) is 16.5. The number of carbonyl (C=O) groups is 1. The van der Waals surface area contributed by atoms with Crippen molar-refractivity contribution in [2.24, 2.45) is 0 Å². The molecule has 0 aliphatic heterocycles. The molecule has 1 aromatic heterocycles. The highest BCUT2D eigenvalue weighted by Gasteiger charge is 2.12. The molecular formula is C16H19NOS. The van der Waals surface area contributed by atoms with E-state index in [4.69, 9.17) is 0 Å². The number of benzene rings is 1. The molecule has 0 bridgehead atoms. The molecule has 1 heterocycles. The molecule has 1 aromatic carbocycles. The average molecular weight is 273 g/mol. The minimum Gasteiger partial charge on any atom is -0.292 e. The lowest BCUT2D eigenvalue weighted by Gasteiger charge is -1.97. The van der Waals surface area contributed by atoms with E-state index in [9.17, 15) is 4.79 Å². The van der Waals surface area contributed by atoms with Crippen LogP contribution in [0.15, 0.2) is 24.8 Å². The predicted octanol–water partition coefficient (Wildman–Crippen LogP) is 5.09. The number of hydrogen-bond donors (Lipinski definition) is 0. The molecule has 2 aromatic rings. The summed E-state index contributed by atoms with van der Waals surface area (Å²) in [6, 6.07) is 6.05. The molecule has 0 amide bonds. The number of hydrogen-bond acceptors (Lipinski definition) is 3. The van der Waals surface area contributed by atoms with Crippen LogP contribution in [0.4, 0.5) is 0 Å². The van der Waals surface area contributed by atoms with Crippen molar-refractivity contribution in [1.29, 1.82) is 0 Å². The van der Waals surface area contributed by atoms with Gasteiger partial charge in [-0.15, -0.1) is 11.3 Å². The second-order valence-corrected chi connectivity index (χ2v) is 5.89. The first-order chi connectivity index (χ1) is 9.11. The molecule has 2 rings (SSSR count). The van der Waals surface area contributed by atoms with Gasteiger partial charge in [0, 0.05) is 6.42 Å². The number of thiazole rings is 1. The number of fused-ring (bicyclic) bond motifs is 1. The molecule has 0 atom stereocenters. The third kappa shape index (κ3) is 3.29. The molecule has 0 aliphatic rings. The largest absolute Gasteiger partial charge is 0.292 e. The van der Waals surface area contributed by atoms with Crippen LogP contribution in [-0.4, -0.2) is 10.8 Å². The second kappa shape index (κ2) is 6.11. The molecule has 100 valence electrons. The van der Waals surface area contributed by atoms with Gasteiger partial charge in [-0.3, -0.25) is 4.79 Å². The van der Waals surface area contributed by atoms with E-state index in [0.29, 0.717) is 11.4 Å². The van der Waals surface area contributed by atoms with Gasteiger partial charge < -0.3 is 0 Å². The summed E-state index contributed by atoms with van der Waals surface area (Å²) in [5.41, 5.74) is 3.06. The van der Waals surface area contributed by atoms with E-state index in [-0.39, 0.29) is 5.78 Å². The average Bonchev–Trinajstić information content (AvgIpc) is 2.81. The topological polar surface area (TPSA) is 30.0 Å². The Hall–Kier alpha value is -1.48. The van der Waals surface area contributed by atoms with Crippen LogP contribution in [0.5, 0.6) is 0 Å². The number of aromatic nitrogens is 1. The first kappa shape index (κ1) is 13.9. The maximum absolute atomic E-state index is 12.0. The molecular weight excluding hydrogens is 254 g/mol. The molecule has 3 heteroatoms. The van der Waals surface area contributed by atoms with E-state index < -0.39 is 0 Å². The van der Waals surface area contributed by atoms with Crippen molar-refractivity contribution >= 4 is 32.9 Å². The van der Waals surface area contributed by atoms with Crippen LogP contribution in [0.3, 0.4) is 0 Å². The Bertz CT molecular complexity index is 612. The molecule has 0 saturated heterocycles. The summed E-state index contributed by atoms with van der Waals surface area (Å²) in [6.45, 7) is 8.07. The zero-order chi connectivity index (χ0) is 13.8. The third-order valence-corrected chi connectivity index (χ3v) is 4.19. The fraction of sp³-hybridized carbons (Fsp3) is 0.375. The van der Waals surface area contributed by atoms with Gasteiger partial charge >= 0.3 is 0 Å². The fourth-order valence-corrected chi connectivity index (χ4v) is 2.92. The van der Waals surface area contributed by atoms with Gasteiger partial charge in [-0.25, -0.2) is 4.98 Å². The van der Waals surface area contributed by atoms with Gasteiger partial charge in [-0.1, -0.05) is 38.0 Å². The molecule has 0 spiro atoms. The van der Waals surface area contributed by atoms with Gasteiger partial charge in [0.1, 0.15) is 0 Å². The van der Waals surface area contributed by atoms with Gasteiger partial charge in [0.25, 0.3) is 0 Å². The van der Waals surface area contributed by atoms with Gasteiger partial charge in [-0.05, 0) is 31.0 Å². The molecule has 0 N–H and O–H groups in total. The van der Waals surface area contributed by atoms with E-state index in [1.165, 1.54) is 11.3 Å². The maximum Gasteiger partial charge on any atom is 0.191 e. The minimum atomic E-state index is 0.173. The van der Waals surface area contributed by atoms with Crippen molar-refractivity contribution in [3.05, 3.63) is 35.3 Å². The van der Waals surface area contributed by atoms with Gasteiger partial charge in [0.05, 0.1) is 10.2 Å². The van der Waals surface area contributed by atoms with Crippen LogP contribution in [0.1, 0.15) is 54.9 Å². The van der Waals surface area contributed by atoms with Crippen LogP contribution >= 0.6 is 11.3 Å². The third-order valence-electron chi connectivity index (χ3n) is 3.13. The van der Waals surface area contributed by atoms with Crippen molar-refractivity contribution in [2.45, 2.75) is 39.5 Å². The number of rotatable bonds is 6. The van der Waals surface area contributed by atoms with E-state index in [1.54, 1.807) is 0 Å². The lowest BCUT2D eigenvalue weighted by Crippen LogP contribution is -1.97. The quantitative estimate of drug-likeness (QED) is 0.542. The highest BCUT2D eigenvalue weighted by molar-refractivity contribution is 7.20. The second-order valence-electron chi connectivity index (χ2n) is 4.86. The van der Waals surface area contributed by atoms with Crippen molar-refractivity contribution in [2.75, 3.05) is 0 Å². The Morgan fingerprint density at radius 1 is 1.37 bits per heavy atom. The molecule has 0 radical (unpaired) electrons. The Balaban J connectivity index is 2.21. The monoisotopic (exact) mass is 273 g/mol. The highest BCUT2D eigenvalue weighted by Crippen LogP contribution is 2.26. The molecule has 0 saturated carbocycles. The number of ketones is 1. The van der Waals surface area contributed by atoms with Gasteiger partial charge in [-0.2, -0.15) is 0 Å². The summed E-state index contributed by atoms with van der Waals surface area (Å²) in [7, 11) is 0. The van der Waals surface area contributed by atoms with Crippen LogP contribution in [0.25, 0.3) is 15.8 Å². The van der Waals surface area contributed by atoms with E-state index in [1.807, 2.05) is 19.1 Å². The molecule has 0 unspecified atom stereocenters. The Labute approximate surface area is 118 Å². The number of unbranched alkanes of at least 4 members (excludes halogenated alkanes) is 2. The van der Waals surface area contributed by atoms with Crippen LogP contribution in [-0.2, 0) is 0 Å². The molecule has 19 heavy (non-hydrogen) atoms. The van der Waals surface area contributed by atoms with Gasteiger partial charge in [0.15, 0.2) is 10.8 Å². The van der Waals surface area contributed by atoms with Crippen LogP contribution in [0.2, 0.25) is 0 Å². The Kier molecular flexibility index (Phi) is 4.48. The first-order valence-electron chi connectivity index (χ1n) is 6.71. The Morgan fingerprint density at radius 2 is 2.16 bits per heavy atom. The lowest BCUT2D eigenvalue weighted by molar-refractivity contribution is 0.0979.